The topological polar surface area (TPSA) is 59.4 Å². The number of aromatic nitrogens is 1. The van der Waals surface area contributed by atoms with Crippen molar-refractivity contribution >= 4 is 16.7 Å². The lowest BCUT2D eigenvalue weighted by atomic mass is 9.91. The fourth-order valence-corrected chi connectivity index (χ4v) is 2.64. The summed E-state index contributed by atoms with van der Waals surface area (Å²) in [6, 6.07) is 7.99. The van der Waals surface area contributed by atoms with Crippen LogP contribution in [0, 0.1) is 0 Å². The van der Waals surface area contributed by atoms with Crippen molar-refractivity contribution in [2.24, 2.45) is 0 Å². The van der Waals surface area contributed by atoms with Gasteiger partial charge in [0.25, 0.3) is 0 Å². The molecule has 0 amide bonds. The van der Waals surface area contributed by atoms with Crippen LogP contribution >= 0.6 is 0 Å². The molecule has 4 nitrogen and oxygen atoms in total. The number of rotatable bonds is 4. The molecule has 0 spiro atoms. The van der Waals surface area contributed by atoms with E-state index in [0.29, 0.717) is 5.88 Å². The molecule has 19 heavy (non-hydrogen) atoms. The minimum absolute atomic E-state index is 0.180. The zero-order valence-corrected chi connectivity index (χ0v) is 10.7. The Kier molecular flexibility index (Phi) is 2.66. The van der Waals surface area contributed by atoms with Gasteiger partial charge in [-0.2, -0.15) is 0 Å². The number of hydrogen-bond donors (Lipinski definition) is 1. The number of hydrogen-bond acceptors (Lipinski definition) is 3. The largest absolute Gasteiger partial charge is 0.481 e. The Morgan fingerprint density at radius 3 is 2.84 bits per heavy atom. The molecule has 1 aliphatic carbocycles. The van der Waals surface area contributed by atoms with Crippen LogP contribution in [0.15, 0.2) is 30.5 Å². The highest BCUT2D eigenvalue weighted by molar-refractivity contribution is 5.87. The Bertz CT molecular complexity index is 647. The van der Waals surface area contributed by atoms with Crippen LogP contribution < -0.4 is 4.74 Å². The third-order valence-electron chi connectivity index (χ3n) is 3.88. The molecule has 1 aliphatic rings. The van der Waals surface area contributed by atoms with Crippen molar-refractivity contribution in [2.75, 3.05) is 7.11 Å². The van der Waals surface area contributed by atoms with Crippen LogP contribution in [0.2, 0.25) is 0 Å². The monoisotopic (exact) mass is 257 g/mol. The molecule has 0 radical (unpaired) electrons. The Morgan fingerprint density at radius 2 is 2.21 bits per heavy atom. The maximum atomic E-state index is 11.0. The van der Waals surface area contributed by atoms with Gasteiger partial charge >= 0.3 is 5.97 Å². The molecule has 1 N–H and O–H groups in total. The third-order valence-corrected chi connectivity index (χ3v) is 3.88. The molecule has 1 saturated carbocycles. The van der Waals surface area contributed by atoms with Gasteiger partial charge in [-0.25, -0.2) is 4.98 Å². The average molecular weight is 257 g/mol. The van der Waals surface area contributed by atoms with Gasteiger partial charge in [0.15, 0.2) is 0 Å². The Labute approximate surface area is 111 Å². The lowest BCUT2D eigenvalue weighted by molar-refractivity contribution is -0.137. The first kappa shape index (κ1) is 12.0. The van der Waals surface area contributed by atoms with Gasteiger partial charge in [0.1, 0.15) is 0 Å². The van der Waals surface area contributed by atoms with Gasteiger partial charge in [-0.05, 0) is 35.9 Å². The van der Waals surface area contributed by atoms with E-state index >= 15 is 0 Å². The standard InChI is InChI=1S/C15H15NO3/c1-19-14-12-8-11(3-2-10(12)4-7-16-14)15(5-6-15)9-13(17)18/h2-4,7-8H,5-6,9H2,1H3,(H,17,18). The van der Waals surface area contributed by atoms with Crippen molar-refractivity contribution in [2.45, 2.75) is 24.7 Å². The smallest absolute Gasteiger partial charge is 0.304 e. The van der Waals surface area contributed by atoms with Crippen LogP contribution in [0.5, 0.6) is 5.88 Å². The molecular weight excluding hydrogens is 242 g/mol. The Hall–Kier alpha value is -2.10. The summed E-state index contributed by atoms with van der Waals surface area (Å²) in [5.41, 5.74) is 0.898. The molecule has 1 heterocycles. The molecule has 0 unspecified atom stereocenters. The molecule has 2 aromatic rings. The van der Waals surface area contributed by atoms with Gasteiger partial charge in [0, 0.05) is 17.0 Å². The number of fused-ring (bicyclic) bond motifs is 1. The molecule has 3 rings (SSSR count). The number of carboxylic acids is 1. The van der Waals surface area contributed by atoms with E-state index in [1.165, 1.54) is 0 Å². The Balaban J connectivity index is 2.09. The van der Waals surface area contributed by atoms with E-state index in [-0.39, 0.29) is 11.8 Å². The van der Waals surface area contributed by atoms with Crippen molar-refractivity contribution in [3.05, 3.63) is 36.0 Å². The molecular formula is C15H15NO3. The van der Waals surface area contributed by atoms with E-state index in [2.05, 4.69) is 4.98 Å². The van der Waals surface area contributed by atoms with Crippen LogP contribution in [0.1, 0.15) is 24.8 Å². The lowest BCUT2D eigenvalue weighted by Gasteiger charge is -2.14. The first-order valence-electron chi connectivity index (χ1n) is 6.30. The van der Waals surface area contributed by atoms with Crippen molar-refractivity contribution in [3.63, 3.8) is 0 Å². The maximum absolute atomic E-state index is 11.0. The van der Waals surface area contributed by atoms with Gasteiger partial charge in [0.05, 0.1) is 13.5 Å². The second-order valence-corrected chi connectivity index (χ2v) is 5.11. The number of benzene rings is 1. The summed E-state index contributed by atoms with van der Waals surface area (Å²) in [6.07, 6.45) is 3.78. The molecule has 0 atom stereocenters. The van der Waals surface area contributed by atoms with Crippen LogP contribution in [0.4, 0.5) is 0 Å². The summed E-state index contributed by atoms with van der Waals surface area (Å²) in [6.45, 7) is 0. The van der Waals surface area contributed by atoms with Crippen molar-refractivity contribution in [1.29, 1.82) is 0 Å². The first-order chi connectivity index (χ1) is 9.14. The minimum Gasteiger partial charge on any atom is -0.481 e. The quantitative estimate of drug-likeness (QED) is 0.914. The van der Waals surface area contributed by atoms with Crippen molar-refractivity contribution in [3.8, 4) is 5.88 Å². The van der Waals surface area contributed by atoms with Crippen LogP contribution in [-0.4, -0.2) is 23.2 Å². The predicted octanol–water partition coefficient (Wildman–Crippen LogP) is 2.75. The van der Waals surface area contributed by atoms with E-state index in [4.69, 9.17) is 9.84 Å². The fraction of sp³-hybridized carbons (Fsp3) is 0.333. The van der Waals surface area contributed by atoms with Gasteiger partial charge in [-0.1, -0.05) is 12.1 Å². The molecule has 1 fully saturated rings. The van der Waals surface area contributed by atoms with Crippen LogP contribution in [-0.2, 0) is 10.2 Å². The number of methoxy groups -OCH3 is 1. The summed E-state index contributed by atoms with van der Waals surface area (Å²) in [5.74, 6) is -0.152. The number of nitrogens with zero attached hydrogens (tertiary/aromatic N) is 1. The highest BCUT2D eigenvalue weighted by Gasteiger charge is 2.46. The number of ether oxygens (including phenoxy) is 1. The summed E-state index contributed by atoms with van der Waals surface area (Å²) in [5, 5.41) is 11.0. The maximum Gasteiger partial charge on any atom is 0.304 e. The van der Waals surface area contributed by atoms with Crippen molar-refractivity contribution in [1.82, 2.24) is 4.98 Å². The van der Waals surface area contributed by atoms with Crippen LogP contribution in [0.3, 0.4) is 0 Å². The van der Waals surface area contributed by atoms with Gasteiger partial charge < -0.3 is 9.84 Å². The van der Waals surface area contributed by atoms with Crippen molar-refractivity contribution < 1.29 is 14.6 Å². The average Bonchev–Trinajstić information content (AvgIpc) is 3.17. The summed E-state index contributed by atoms with van der Waals surface area (Å²) >= 11 is 0. The summed E-state index contributed by atoms with van der Waals surface area (Å²) < 4.78 is 5.27. The summed E-state index contributed by atoms with van der Waals surface area (Å²) in [4.78, 5) is 15.2. The van der Waals surface area contributed by atoms with Gasteiger partial charge in [0.2, 0.25) is 5.88 Å². The zero-order chi connectivity index (χ0) is 13.5. The molecule has 0 aliphatic heterocycles. The number of aliphatic carboxylic acids is 1. The second-order valence-electron chi connectivity index (χ2n) is 5.11. The molecule has 1 aromatic carbocycles. The number of carbonyl (C=O) groups is 1. The van der Waals surface area contributed by atoms with Crippen LogP contribution in [0.25, 0.3) is 10.8 Å². The number of carboxylic acid groups (broad SMARTS) is 1. The third kappa shape index (κ3) is 2.03. The van der Waals surface area contributed by atoms with E-state index in [1.54, 1.807) is 13.3 Å². The molecule has 4 heteroatoms. The van der Waals surface area contributed by atoms with Gasteiger partial charge in [-0.15, -0.1) is 0 Å². The van der Waals surface area contributed by atoms with E-state index in [9.17, 15) is 4.79 Å². The zero-order valence-electron chi connectivity index (χ0n) is 10.7. The Morgan fingerprint density at radius 1 is 1.42 bits per heavy atom. The summed E-state index contributed by atoms with van der Waals surface area (Å²) in [7, 11) is 1.60. The molecule has 98 valence electrons. The molecule has 0 bridgehead atoms. The lowest BCUT2D eigenvalue weighted by Crippen LogP contribution is -2.12. The van der Waals surface area contributed by atoms with E-state index < -0.39 is 5.97 Å². The highest BCUT2D eigenvalue weighted by Crippen LogP contribution is 2.51. The molecule has 1 aromatic heterocycles. The van der Waals surface area contributed by atoms with E-state index in [0.717, 1.165) is 29.2 Å². The predicted molar refractivity (Wildman–Crippen MR) is 71.5 cm³/mol. The SMILES string of the molecule is COc1nccc2ccc(C3(CC(=O)O)CC3)cc12. The number of pyridine rings is 1. The fourth-order valence-electron chi connectivity index (χ4n) is 2.64. The molecule has 0 saturated heterocycles. The highest BCUT2D eigenvalue weighted by atomic mass is 16.5. The minimum atomic E-state index is -0.740. The van der Waals surface area contributed by atoms with Gasteiger partial charge in [-0.3, -0.25) is 4.79 Å². The normalized spacial score (nSPS) is 16.3. The second kappa shape index (κ2) is 4.23. The van der Waals surface area contributed by atoms with E-state index in [1.807, 2.05) is 24.3 Å². The first-order valence-corrected chi connectivity index (χ1v) is 6.30.